The van der Waals surface area contributed by atoms with Crippen molar-refractivity contribution in [2.24, 2.45) is 11.3 Å². The predicted octanol–water partition coefficient (Wildman–Crippen LogP) is 6.97. The van der Waals surface area contributed by atoms with Crippen LogP contribution in [0.5, 0.6) is 17.6 Å². The molecule has 0 bridgehead atoms. The first-order chi connectivity index (χ1) is 34.5. The zero-order valence-electron chi connectivity index (χ0n) is 42.3. The fraction of sp³-hybridized carbons (Fsp3) is 0.389. The summed E-state index contributed by atoms with van der Waals surface area (Å²) < 4.78 is 49.7. The molecule has 3 aromatic heterocycles. The smallest absolute Gasteiger partial charge is 0.408 e. The van der Waals surface area contributed by atoms with Gasteiger partial charge in [0.15, 0.2) is 0 Å². The van der Waals surface area contributed by atoms with E-state index in [1.807, 2.05) is 85.1 Å². The molecule has 73 heavy (non-hydrogen) atoms. The Bertz CT molecular complexity index is 3200. The lowest BCUT2D eigenvalue weighted by atomic mass is 9.85. The zero-order valence-corrected chi connectivity index (χ0v) is 43.1. The average molecular weight is 1020 g/mol. The number of carbonyl (C=O) groups is 4. The number of likely N-dealkylation sites (tertiary alicyclic amines) is 1. The Morgan fingerprint density at radius 2 is 1.45 bits per heavy atom. The number of fused-ring (bicyclic) bond motifs is 3. The molecule has 4 N–H and O–H groups in total. The number of amides is 4. The van der Waals surface area contributed by atoms with Gasteiger partial charge in [0, 0.05) is 53.7 Å². The third-order valence-electron chi connectivity index (χ3n) is 12.5. The summed E-state index contributed by atoms with van der Waals surface area (Å²) in [7, 11) is -0.792. The number of aromatic nitrogens is 3. The van der Waals surface area contributed by atoms with Crippen molar-refractivity contribution in [2.75, 3.05) is 20.8 Å². The maximum atomic E-state index is 14.4. The highest BCUT2D eigenvalue weighted by Gasteiger charge is 2.62. The molecule has 3 aromatic carbocycles. The van der Waals surface area contributed by atoms with Crippen LogP contribution in [0, 0.1) is 11.3 Å². The first kappa shape index (κ1) is 53.3. The Labute approximate surface area is 424 Å². The topological polar surface area (TPSA) is 237 Å². The summed E-state index contributed by atoms with van der Waals surface area (Å²) >= 11 is 0. The maximum absolute atomic E-state index is 14.4. The van der Waals surface area contributed by atoms with Crippen molar-refractivity contribution in [3.8, 4) is 17.6 Å². The molecule has 3 fully saturated rings. The van der Waals surface area contributed by atoms with Gasteiger partial charge in [-0.2, -0.15) is 4.98 Å². The average Bonchev–Trinajstić information content (AvgIpc) is 4.29. The molecule has 4 heterocycles. The van der Waals surface area contributed by atoms with Gasteiger partial charge in [0.1, 0.15) is 29.3 Å². The summed E-state index contributed by atoms with van der Waals surface area (Å²) in [5.74, 6) is -1.41. The Morgan fingerprint density at radius 1 is 0.849 bits per heavy atom. The molecule has 0 radical (unpaired) electrons. The maximum Gasteiger partial charge on any atom is 0.408 e. The van der Waals surface area contributed by atoms with Crippen LogP contribution >= 0.6 is 0 Å². The molecule has 19 heteroatoms. The first-order valence-electron chi connectivity index (χ1n) is 23.9. The van der Waals surface area contributed by atoms with Gasteiger partial charge in [-0.15, -0.1) is 6.58 Å². The van der Waals surface area contributed by atoms with Crippen LogP contribution < -0.4 is 35.1 Å². The van der Waals surface area contributed by atoms with Crippen LogP contribution in [-0.2, 0) is 29.1 Å². The summed E-state index contributed by atoms with van der Waals surface area (Å²) in [6, 6.07) is 26.2. The molecule has 0 unspecified atom stereocenters. The van der Waals surface area contributed by atoms with Crippen molar-refractivity contribution in [3.05, 3.63) is 126 Å². The molecule has 2 aliphatic carbocycles. The number of pyridine rings is 3. The van der Waals surface area contributed by atoms with E-state index in [1.54, 1.807) is 67.0 Å². The van der Waals surface area contributed by atoms with Crippen LogP contribution in [0.3, 0.4) is 0 Å². The highest BCUT2D eigenvalue weighted by molar-refractivity contribution is 7.91. The largest absolute Gasteiger partial charge is 0.481 e. The molecule has 1 aliphatic heterocycles. The molecule has 6 aromatic rings. The van der Waals surface area contributed by atoms with E-state index in [0.29, 0.717) is 30.0 Å². The number of sulfonamides is 1. The number of ether oxygens (including phenoxy) is 4. The summed E-state index contributed by atoms with van der Waals surface area (Å²) in [6.07, 6.45) is 4.54. The second-order valence-corrected chi connectivity index (χ2v) is 22.3. The number of nitrogens with zero attached hydrogens (tertiary/aromatic N) is 3. The van der Waals surface area contributed by atoms with Gasteiger partial charge in [-0.25, -0.2) is 18.2 Å². The minimum absolute atomic E-state index is 0.00488. The van der Waals surface area contributed by atoms with E-state index in [9.17, 15) is 32.4 Å². The zero-order chi connectivity index (χ0) is 52.9. The number of hydrogen-bond acceptors (Lipinski definition) is 13. The van der Waals surface area contributed by atoms with Crippen molar-refractivity contribution in [3.63, 3.8) is 0 Å². The number of aromatic amines is 1. The minimum atomic E-state index is -3.90. The highest BCUT2D eigenvalue weighted by atomic mass is 32.2. The summed E-state index contributed by atoms with van der Waals surface area (Å²) in [6.45, 7) is 14.1. The molecule has 1 saturated heterocycles. The van der Waals surface area contributed by atoms with E-state index in [2.05, 4.69) is 36.9 Å². The van der Waals surface area contributed by atoms with Gasteiger partial charge in [-0.1, -0.05) is 93.6 Å². The highest BCUT2D eigenvalue weighted by Crippen LogP contribution is 2.46. The second kappa shape index (κ2) is 21.7. The Kier molecular flexibility index (Phi) is 15.8. The Hall–Kier alpha value is -7.54. The van der Waals surface area contributed by atoms with Crippen molar-refractivity contribution in [2.45, 2.75) is 102 Å². The number of methoxy groups -OCH3 is 2. The number of rotatable bonds is 12. The van der Waals surface area contributed by atoms with E-state index in [0.717, 1.165) is 26.9 Å². The van der Waals surface area contributed by atoms with Crippen LogP contribution in [-0.4, -0.2) is 107 Å². The molecule has 9 rings (SSSR count). The normalized spacial score (nSPS) is 19.7. The fourth-order valence-electron chi connectivity index (χ4n) is 8.41. The summed E-state index contributed by atoms with van der Waals surface area (Å²) in [5, 5.41) is 10.7. The third-order valence-corrected chi connectivity index (χ3v) is 14.3. The van der Waals surface area contributed by atoms with Crippen LogP contribution in [0.1, 0.15) is 67.2 Å². The Balaban J connectivity index is 0.000000272. The van der Waals surface area contributed by atoms with E-state index < -0.39 is 79.7 Å². The number of nitrogens with one attached hydrogen (secondary N) is 4. The standard InChI is InChI=1S/C35H47N5O9S.C10H9NO.C9H7NO/c1-9-21-18-35(21,31(43)39-50(45,46)23-14-15-23)38-28(41)25-17-22(48-29-24-13-11-10-12-20(24)16-26(36-29)47-8)19-40(25)30(42)27(33(2,3)4)37-32(44)49-34(5,6)7;1-12-10-6-8-4-2-3-5-9(8)7-11-10;11-9-5-7-3-1-2-4-8(7)6-10-9/h9-13,16,21-23,25,27H,1,14-15,17-19H2,2-8H3,(H,37,44)(H,38,41)(H,39,43);2-7H,1H3;1-6H,(H,10,11)/t21-,22-,25+,27-,35-;;/m1../s1. The van der Waals surface area contributed by atoms with Gasteiger partial charge < -0.3 is 39.5 Å². The number of benzene rings is 3. The van der Waals surface area contributed by atoms with Gasteiger partial charge in [0.25, 0.3) is 5.91 Å². The van der Waals surface area contributed by atoms with Crippen molar-refractivity contribution >= 4 is 66.2 Å². The molecule has 386 valence electrons. The third kappa shape index (κ3) is 13.1. The number of alkyl carbamates (subject to hydrolysis) is 1. The molecule has 4 amide bonds. The number of hydrogen-bond donors (Lipinski definition) is 4. The molecular weight excluding hydrogens is 955 g/mol. The quantitative estimate of drug-likeness (QED) is 0.0908. The van der Waals surface area contributed by atoms with Crippen LogP contribution in [0.25, 0.3) is 32.3 Å². The van der Waals surface area contributed by atoms with Gasteiger partial charge in [0.2, 0.25) is 45.0 Å². The van der Waals surface area contributed by atoms with Gasteiger partial charge in [0.05, 0.1) is 26.0 Å². The number of H-pyrrole nitrogens is 1. The molecule has 0 spiro atoms. The van der Waals surface area contributed by atoms with Gasteiger partial charge in [-0.05, 0) is 73.1 Å². The second-order valence-electron chi connectivity index (χ2n) is 20.3. The SMILES string of the molecule is C=C[C@@H]1C[C@]1(NC(=O)[C@@H]1C[C@@H](Oc2nc(OC)cc3ccccc23)CN1C(=O)[C@@H](NC(=O)OC(C)(C)C)C(C)(C)C)C(=O)NS(=O)(=O)C1CC1.COc1cc2ccccc2cn1.O=c1cc2ccccc2c[nH]1. The van der Waals surface area contributed by atoms with Crippen molar-refractivity contribution < 1.29 is 46.5 Å². The fourth-order valence-corrected chi connectivity index (χ4v) is 9.77. The van der Waals surface area contributed by atoms with Crippen molar-refractivity contribution in [1.29, 1.82) is 0 Å². The molecule has 2 saturated carbocycles. The van der Waals surface area contributed by atoms with Crippen LogP contribution in [0.2, 0.25) is 0 Å². The van der Waals surface area contributed by atoms with E-state index >= 15 is 0 Å². The van der Waals surface area contributed by atoms with E-state index in [4.69, 9.17) is 18.9 Å². The van der Waals surface area contributed by atoms with E-state index in [-0.39, 0.29) is 30.8 Å². The molecular formula is C54H63N7O11S. The lowest BCUT2D eigenvalue weighted by Crippen LogP contribution is -2.60. The summed E-state index contributed by atoms with van der Waals surface area (Å²) in [4.78, 5) is 78.4. The Morgan fingerprint density at radius 3 is 2.05 bits per heavy atom. The molecule has 3 aliphatic rings. The van der Waals surface area contributed by atoms with Crippen LogP contribution in [0.4, 0.5) is 4.79 Å². The minimum Gasteiger partial charge on any atom is -0.481 e. The van der Waals surface area contributed by atoms with Crippen LogP contribution in [0.15, 0.2) is 121 Å². The summed E-state index contributed by atoms with van der Waals surface area (Å²) in [5.41, 5.74) is -3.26. The molecule has 5 atom stereocenters. The lowest BCUT2D eigenvalue weighted by molar-refractivity contribution is -0.143. The first-order valence-corrected chi connectivity index (χ1v) is 25.5. The van der Waals surface area contributed by atoms with Gasteiger partial charge in [-0.3, -0.25) is 23.9 Å². The lowest BCUT2D eigenvalue weighted by Gasteiger charge is -2.36. The number of carbonyl (C=O) groups excluding carboxylic acids is 4. The van der Waals surface area contributed by atoms with Gasteiger partial charge >= 0.3 is 6.09 Å². The molecule has 18 nitrogen and oxygen atoms in total. The van der Waals surface area contributed by atoms with Crippen molar-refractivity contribution in [1.82, 2.24) is 35.2 Å². The van der Waals surface area contributed by atoms with E-state index in [1.165, 1.54) is 18.1 Å². The predicted molar refractivity (Wildman–Crippen MR) is 278 cm³/mol. The monoisotopic (exact) mass is 1020 g/mol.